The molecule has 0 heterocycles. The van der Waals surface area contributed by atoms with Crippen LogP contribution in [-0.2, 0) is 4.57 Å². The van der Waals surface area contributed by atoms with Crippen LogP contribution in [0, 0.1) is 0 Å². The minimum atomic E-state index is -3.22. The Labute approximate surface area is 61.4 Å². The maximum atomic E-state index is 9.51. The molecule has 0 radical (unpaired) electrons. The van der Waals surface area contributed by atoms with E-state index in [0.29, 0.717) is 0 Å². The van der Waals surface area contributed by atoms with Crippen LogP contribution < -0.4 is 0 Å². The Balaban J connectivity index is 0. The molecule has 1 unspecified atom stereocenters. The van der Waals surface area contributed by atoms with E-state index < -0.39 is 5.20 Å². The summed E-state index contributed by atoms with van der Waals surface area (Å²) in [5.41, 5.74) is 0. The van der Waals surface area contributed by atoms with Gasteiger partial charge >= 0.3 is 23.2 Å². The van der Waals surface area contributed by atoms with Crippen molar-refractivity contribution in [3.63, 3.8) is 0 Å². The van der Waals surface area contributed by atoms with Crippen molar-refractivity contribution in [3.05, 3.63) is 0 Å². The van der Waals surface area contributed by atoms with Crippen molar-refractivity contribution >= 4 is 56.9 Å². The summed E-state index contributed by atoms with van der Waals surface area (Å²) in [5.74, 6) is 0. The minimum absolute atomic E-state index is 0. The van der Waals surface area contributed by atoms with E-state index in [-0.39, 0.29) is 18.0 Å². The van der Waals surface area contributed by atoms with Crippen molar-refractivity contribution in [2.45, 2.75) is 0 Å². The Morgan fingerprint density at radius 2 is 1.17 bits per heavy atom. The van der Waals surface area contributed by atoms with Crippen molar-refractivity contribution in [2.75, 3.05) is 0 Å². The van der Waals surface area contributed by atoms with Gasteiger partial charge in [-0.05, 0) is 33.7 Å². The van der Waals surface area contributed by atoms with Gasteiger partial charge in [-0.25, -0.2) is 0 Å². The molecule has 0 aliphatic rings. The van der Waals surface area contributed by atoms with Crippen LogP contribution in [0.2, 0.25) is 0 Å². The van der Waals surface area contributed by atoms with Crippen LogP contribution in [0.1, 0.15) is 0 Å². The predicted octanol–water partition coefficient (Wildman–Crippen LogP) is 1.63. The second-order valence-electron chi connectivity index (χ2n) is 0.399. The summed E-state index contributed by atoms with van der Waals surface area (Å²) in [6.07, 6.45) is 0. The summed E-state index contributed by atoms with van der Waals surface area (Å²) in [6, 6.07) is 0. The Bertz CT molecular complexity index is 56.9. The molecule has 0 fully saturated rings. The number of halogens is 3. The molecule has 0 saturated carbocycles. The van der Waals surface area contributed by atoms with Gasteiger partial charge in [0.05, 0.1) is 0 Å². The molecule has 6 heavy (non-hydrogen) atoms. The van der Waals surface area contributed by atoms with Crippen LogP contribution in [0.4, 0.5) is 0 Å². The van der Waals surface area contributed by atoms with Crippen LogP contribution in [0.25, 0.3) is 0 Å². The Morgan fingerprint density at radius 1 is 1.17 bits per heavy atom. The van der Waals surface area contributed by atoms with E-state index in [4.69, 9.17) is 0 Å². The summed E-state index contributed by atoms with van der Waals surface area (Å²) >= 11 is 13.8. The van der Waals surface area contributed by atoms with Gasteiger partial charge in [0.2, 0.25) is 0 Å². The molecule has 0 aromatic rings. The van der Waals surface area contributed by atoms with E-state index in [0.717, 1.165) is 0 Å². The van der Waals surface area contributed by atoms with Gasteiger partial charge in [0.1, 0.15) is 0 Å². The first-order valence-electron chi connectivity index (χ1n) is 0.690. The van der Waals surface area contributed by atoms with Crippen LogP contribution in [0.3, 0.4) is 0 Å². The van der Waals surface area contributed by atoms with Crippen molar-refractivity contribution < 1.29 is 4.57 Å². The molecule has 0 aliphatic carbocycles. The predicted molar refractivity (Wildman–Crippen MR) is 35.1 cm³/mol. The zero-order valence-corrected chi connectivity index (χ0v) is 8.83. The van der Waals surface area contributed by atoms with Crippen molar-refractivity contribution in [3.8, 4) is 0 Å². The van der Waals surface area contributed by atoms with Gasteiger partial charge in [-0.3, -0.25) is 4.57 Å². The number of hydrogen-bond acceptors (Lipinski definition) is 1. The first-order chi connectivity index (χ1) is 2.00. The van der Waals surface area contributed by atoms with Crippen molar-refractivity contribution in [1.29, 1.82) is 0 Å². The number of hydrogen-bond donors (Lipinski definition) is 0. The SMILES string of the molecule is O=P(Cl)(Cl)Cl.[AsH3]. The van der Waals surface area contributed by atoms with Crippen LogP contribution >= 0.6 is 38.9 Å². The molecule has 0 saturated heterocycles. The summed E-state index contributed by atoms with van der Waals surface area (Å²) < 4.78 is 9.51. The zero-order chi connectivity index (χ0) is 4.50. The molecular formula is H3AsCl3OP. The Hall–Kier alpha value is 1.66. The van der Waals surface area contributed by atoms with Crippen LogP contribution in [0.15, 0.2) is 0 Å². The van der Waals surface area contributed by atoms with E-state index >= 15 is 0 Å². The van der Waals surface area contributed by atoms with Gasteiger partial charge in [0, 0.05) is 0 Å². The fourth-order valence-electron chi connectivity index (χ4n) is 0. The van der Waals surface area contributed by atoms with E-state index in [1.165, 1.54) is 0 Å². The van der Waals surface area contributed by atoms with Crippen LogP contribution in [0.5, 0.6) is 0 Å². The molecule has 6 heteroatoms. The van der Waals surface area contributed by atoms with E-state index in [2.05, 4.69) is 33.7 Å². The van der Waals surface area contributed by atoms with E-state index in [9.17, 15) is 4.57 Å². The first kappa shape index (κ1) is 10.6. The third-order valence-electron chi connectivity index (χ3n) is 0. The average Bonchev–Trinajstić information content (AvgIpc) is 0.722. The monoisotopic (exact) mass is 230 g/mol. The Kier molecular flexibility index (Phi) is 6.42. The Morgan fingerprint density at radius 3 is 1.17 bits per heavy atom. The molecular weight excluding hydrogens is 228 g/mol. The van der Waals surface area contributed by atoms with Gasteiger partial charge in [-0.15, -0.1) is 0 Å². The third-order valence-corrected chi connectivity index (χ3v) is 0. The molecule has 0 N–H and O–H groups in total. The zero-order valence-electron chi connectivity index (χ0n) is 2.70. The van der Waals surface area contributed by atoms with Gasteiger partial charge < -0.3 is 0 Å². The van der Waals surface area contributed by atoms with E-state index in [1.807, 2.05) is 0 Å². The summed E-state index contributed by atoms with van der Waals surface area (Å²) in [4.78, 5) is 0. The summed E-state index contributed by atoms with van der Waals surface area (Å²) in [5, 5.41) is -3.22. The van der Waals surface area contributed by atoms with Crippen LogP contribution in [-0.4, -0.2) is 18.0 Å². The standard InChI is InChI=1S/AsH3.Cl3OP/c;1-5(2,3)4/h1H3;. The van der Waals surface area contributed by atoms with E-state index in [1.54, 1.807) is 0 Å². The van der Waals surface area contributed by atoms with Gasteiger partial charge in [0.25, 0.3) is 0 Å². The number of rotatable bonds is 0. The summed E-state index contributed by atoms with van der Waals surface area (Å²) in [6.45, 7) is 0. The average molecular weight is 231 g/mol. The maximum absolute atomic E-state index is 9.51. The molecule has 0 bridgehead atoms. The fraction of sp³-hybridized carbons (Fsp3) is 0. The molecule has 0 rings (SSSR count). The van der Waals surface area contributed by atoms with Crippen molar-refractivity contribution in [2.24, 2.45) is 0 Å². The molecule has 0 aromatic heterocycles. The topological polar surface area (TPSA) is 17.1 Å². The van der Waals surface area contributed by atoms with Gasteiger partial charge in [0.15, 0.2) is 0 Å². The fourth-order valence-corrected chi connectivity index (χ4v) is 0. The second-order valence-corrected chi connectivity index (χ2v) is 7.04. The van der Waals surface area contributed by atoms with Gasteiger partial charge in [-0.2, -0.15) is 0 Å². The van der Waals surface area contributed by atoms with Gasteiger partial charge in [-0.1, -0.05) is 0 Å². The normalized spacial score (nSPS) is 9.83. The van der Waals surface area contributed by atoms with Crippen molar-refractivity contribution in [1.82, 2.24) is 0 Å². The molecule has 0 aromatic carbocycles. The second kappa shape index (κ2) is 3.63. The molecule has 0 aliphatic heterocycles. The molecule has 1 nitrogen and oxygen atoms in total. The molecule has 40 valence electrons. The molecule has 1 atom stereocenters. The quantitative estimate of drug-likeness (QED) is 0.457. The third kappa shape index (κ3) is 44.6. The molecule has 0 amide bonds. The summed E-state index contributed by atoms with van der Waals surface area (Å²) in [7, 11) is 0. The molecule has 0 spiro atoms. The first-order valence-corrected chi connectivity index (χ1v) is 5.11.